The topological polar surface area (TPSA) is 68.0 Å². The third-order valence-corrected chi connectivity index (χ3v) is 4.03. The summed E-state index contributed by atoms with van der Waals surface area (Å²) in [6.45, 7) is 1.92. The van der Waals surface area contributed by atoms with E-state index < -0.39 is 0 Å². The first-order valence-corrected chi connectivity index (χ1v) is 8.42. The molecule has 0 aliphatic carbocycles. The third kappa shape index (κ3) is 4.67. The number of carbonyl (C=O) groups is 1. The normalized spacial score (nSPS) is 11.9. The lowest BCUT2D eigenvalue weighted by Crippen LogP contribution is -2.26. The summed E-state index contributed by atoms with van der Waals surface area (Å²) in [5.41, 5.74) is 1.85. The Morgan fingerprint density at radius 3 is 2.76 bits per heavy atom. The van der Waals surface area contributed by atoms with Gasteiger partial charge in [0.05, 0.1) is 6.04 Å². The van der Waals surface area contributed by atoms with Gasteiger partial charge in [0.25, 0.3) is 0 Å². The molecule has 1 amide bonds. The Labute approximate surface area is 151 Å². The van der Waals surface area contributed by atoms with Crippen LogP contribution < -0.4 is 5.32 Å². The van der Waals surface area contributed by atoms with Gasteiger partial charge in [-0.1, -0.05) is 59.2 Å². The molecular formula is C19H18ClN3O2. The van der Waals surface area contributed by atoms with Gasteiger partial charge in [-0.05, 0) is 24.6 Å². The number of halogens is 1. The fraction of sp³-hybridized carbons (Fsp3) is 0.211. The summed E-state index contributed by atoms with van der Waals surface area (Å²) in [6.07, 6.45) is 0.676. The van der Waals surface area contributed by atoms with Gasteiger partial charge >= 0.3 is 0 Å². The molecular weight excluding hydrogens is 338 g/mol. The maximum atomic E-state index is 12.1. The summed E-state index contributed by atoms with van der Waals surface area (Å²) in [5.74, 6) is 0.902. The highest BCUT2D eigenvalue weighted by atomic mass is 35.5. The molecule has 0 aliphatic heterocycles. The van der Waals surface area contributed by atoms with Crippen LogP contribution in [-0.2, 0) is 11.2 Å². The molecule has 0 unspecified atom stereocenters. The minimum atomic E-state index is -0.117. The molecule has 25 heavy (non-hydrogen) atoms. The molecule has 3 rings (SSSR count). The SMILES string of the molecule is C[C@H](NC(=O)CCc1nc(-c2ccccc2)no1)c1cccc(Cl)c1. The monoisotopic (exact) mass is 355 g/mol. The summed E-state index contributed by atoms with van der Waals surface area (Å²) in [6, 6.07) is 16.9. The number of aromatic nitrogens is 2. The van der Waals surface area contributed by atoms with Crippen molar-refractivity contribution in [1.82, 2.24) is 15.5 Å². The number of hydrogen-bond donors (Lipinski definition) is 1. The predicted octanol–water partition coefficient (Wildman–Crippen LogP) is 4.20. The highest BCUT2D eigenvalue weighted by Gasteiger charge is 2.13. The quantitative estimate of drug-likeness (QED) is 0.719. The Hall–Kier alpha value is -2.66. The Balaban J connectivity index is 1.53. The van der Waals surface area contributed by atoms with Gasteiger partial charge in [-0.2, -0.15) is 4.98 Å². The third-order valence-electron chi connectivity index (χ3n) is 3.79. The molecule has 0 saturated heterocycles. The van der Waals surface area contributed by atoms with Gasteiger partial charge in [-0.25, -0.2) is 0 Å². The second-order valence-electron chi connectivity index (χ2n) is 5.72. The fourth-order valence-electron chi connectivity index (χ4n) is 2.45. The lowest BCUT2D eigenvalue weighted by atomic mass is 10.1. The van der Waals surface area contributed by atoms with E-state index in [9.17, 15) is 4.79 Å². The number of nitrogens with one attached hydrogen (secondary N) is 1. The minimum Gasteiger partial charge on any atom is -0.350 e. The van der Waals surface area contributed by atoms with Crippen molar-refractivity contribution in [1.29, 1.82) is 0 Å². The van der Waals surface area contributed by atoms with Gasteiger partial charge in [-0.3, -0.25) is 4.79 Å². The van der Waals surface area contributed by atoms with Crippen LogP contribution in [-0.4, -0.2) is 16.0 Å². The smallest absolute Gasteiger partial charge is 0.227 e. The van der Waals surface area contributed by atoms with Crippen molar-refractivity contribution < 1.29 is 9.32 Å². The maximum Gasteiger partial charge on any atom is 0.227 e. The van der Waals surface area contributed by atoms with E-state index in [0.717, 1.165) is 11.1 Å². The van der Waals surface area contributed by atoms with E-state index in [1.807, 2.05) is 55.5 Å². The molecule has 5 nitrogen and oxygen atoms in total. The van der Waals surface area contributed by atoms with Crippen molar-refractivity contribution in [3.8, 4) is 11.4 Å². The van der Waals surface area contributed by atoms with Gasteiger partial charge in [0.1, 0.15) is 0 Å². The Morgan fingerprint density at radius 1 is 1.20 bits per heavy atom. The number of carbonyl (C=O) groups excluding carboxylic acids is 1. The summed E-state index contributed by atoms with van der Waals surface area (Å²) < 4.78 is 5.22. The average Bonchev–Trinajstić information content (AvgIpc) is 3.10. The van der Waals surface area contributed by atoms with E-state index >= 15 is 0 Å². The Morgan fingerprint density at radius 2 is 2.00 bits per heavy atom. The van der Waals surface area contributed by atoms with Gasteiger partial charge in [-0.15, -0.1) is 0 Å². The minimum absolute atomic E-state index is 0.0769. The van der Waals surface area contributed by atoms with E-state index in [-0.39, 0.29) is 18.4 Å². The van der Waals surface area contributed by atoms with Gasteiger partial charge in [0, 0.05) is 23.4 Å². The molecule has 1 aromatic heterocycles. The maximum absolute atomic E-state index is 12.1. The molecule has 0 aliphatic rings. The molecule has 0 spiro atoms. The van der Waals surface area contributed by atoms with Crippen molar-refractivity contribution in [2.24, 2.45) is 0 Å². The molecule has 1 heterocycles. The molecule has 128 valence electrons. The molecule has 0 fully saturated rings. The first kappa shape index (κ1) is 17.2. The fourth-order valence-corrected chi connectivity index (χ4v) is 2.65. The zero-order valence-electron chi connectivity index (χ0n) is 13.8. The highest BCUT2D eigenvalue weighted by Crippen LogP contribution is 2.18. The standard InChI is InChI=1S/C19H18ClN3O2/c1-13(15-8-5-9-16(20)12-15)21-17(24)10-11-18-22-19(23-25-18)14-6-3-2-4-7-14/h2-9,12-13H,10-11H2,1H3,(H,21,24)/t13-/m0/s1. The summed E-state index contributed by atoms with van der Waals surface area (Å²) in [4.78, 5) is 16.5. The molecule has 2 aromatic carbocycles. The van der Waals surface area contributed by atoms with Gasteiger partial charge in [0.15, 0.2) is 0 Å². The molecule has 3 aromatic rings. The molecule has 0 saturated carbocycles. The van der Waals surface area contributed by atoms with Crippen molar-refractivity contribution >= 4 is 17.5 Å². The summed E-state index contributed by atoms with van der Waals surface area (Å²) in [5, 5.41) is 7.55. The molecule has 0 bridgehead atoms. The lowest BCUT2D eigenvalue weighted by molar-refractivity contribution is -0.121. The predicted molar refractivity (Wildman–Crippen MR) is 96.1 cm³/mol. The molecule has 0 radical (unpaired) electrons. The van der Waals surface area contributed by atoms with E-state index in [1.54, 1.807) is 6.07 Å². The Kier molecular flexibility index (Phi) is 5.46. The van der Waals surface area contributed by atoms with E-state index in [0.29, 0.717) is 23.2 Å². The Bertz CT molecular complexity index is 849. The van der Waals surface area contributed by atoms with Crippen molar-refractivity contribution in [2.75, 3.05) is 0 Å². The largest absolute Gasteiger partial charge is 0.350 e. The zero-order chi connectivity index (χ0) is 17.6. The first-order chi connectivity index (χ1) is 12.1. The van der Waals surface area contributed by atoms with Gasteiger partial charge < -0.3 is 9.84 Å². The summed E-state index contributed by atoms with van der Waals surface area (Å²) in [7, 11) is 0. The van der Waals surface area contributed by atoms with Gasteiger partial charge in [0.2, 0.25) is 17.6 Å². The molecule has 6 heteroatoms. The first-order valence-electron chi connectivity index (χ1n) is 8.04. The van der Waals surface area contributed by atoms with Crippen LogP contribution >= 0.6 is 11.6 Å². The number of hydrogen-bond acceptors (Lipinski definition) is 4. The van der Waals surface area contributed by atoms with Crippen LogP contribution in [0.2, 0.25) is 5.02 Å². The second-order valence-corrected chi connectivity index (χ2v) is 6.16. The van der Waals surface area contributed by atoms with Crippen LogP contribution in [0, 0.1) is 0 Å². The van der Waals surface area contributed by atoms with Crippen molar-refractivity contribution in [3.63, 3.8) is 0 Å². The average molecular weight is 356 g/mol. The van der Waals surface area contributed by atoms with Crippen LogP contribution in [0.1, 0.15) is 30.8 Å². The summed E-state index contributed by atoms with van der Waals surface area (Å²) >= 11 is 5.98. The van der Waals surface area contributed by atoms with Crippen LogP contribution in [0.3, 0.4) is 0 Å². The van der Waals surface area contributed by atoms with Crippen LogP contribution in [0.5, 0.6) is 0 Å². The number of nitrogens with zero attached hydrogens (tertiary/aromatic N) is 2. The van der Waals surface area contributed by atoms with Crippen LogP contribution in [0.15, 0.2) is 59.1 Å². The van der Waals surface area contributed by atoms with Crippen LogP contribution in [0.4, 0.5) is 0 Å². The molecule has 1 N–H and O–H groups in total. The molecule has 1 atom stereocenters. The van der Waals surface area contributed by atoms with Crippen molar-refractivity contribution in [2.45, 2.75) is 25.8 Å². The lowest BCUT2D eigenvalue weighted by Gasteiger charge is -2.14. The van der Waals surface area contributed by atoms with Crippen molar-refractivity contribution in [3.05, 3.63) is 71.1 Å². The van der Waals surface area contributed by atoms with E-state index in [1.165, 1.54) is 0 Å². The van der Waals surface area contributed by atoms with E-state index in [2.05, 4.69) is 15.5 Å². The number of rotatable bonds is 6. The number of benzene rings is 2. The number of amides is 1. The van der Waals surface area contributed by atoms with Crippen LogP contribution in [0.25, 0.3) is 11.4 Å². The zero-order valence-corrected chi connectivity index (χ0v) is 14.5. The highest BCUT2D eigenvalue weighted by molar-refractivity contribution is 6.30. The number of aryl methyl sites for hydroxylation is 1. The van der Waals surface area contributed by atoms with E-state index in [4.69, 9.17) is 16.1 Å². The second kappa shape index (κ2) is 7.94.